The molecule has 13 nitrogen and oxygen atoms in total. The lowest BCUT2D eigenvalue weighted by Gasteiger charge is -2.17. The summed E-state index contributed by atoms with van der Waals surface area (Å²) >= 11 is 5.80. The number of carbonyl (C=O) groups is 3. The third-order valence-electron chi connectivity index (χ3n) is 11.7. The fourth-order valence-corrected chi connectivity index (χ4v) is 9.05. The fourth-order valence-electron chi connectivity index (χ4n) is 7.69. The molecule has 0 radical (unpaired) electrons. The maximum absolute atomic E-state index is 14.4. The van der Waals surface area contributed by atoms with Gasteiger partial charge in [0.05, 0.1) is 39.6 Å². The van der Waals surface area contributed by atoms with Crippen LogP contribution in [0.3, 0.4) is 0 Å². The lowest BCUT2D eigenvalue weighted by Crippen LogP contribution is -2.25. The molecule has 0 saturated carbocycles. The SMILES string of the molecule is C.CC1(C)OC[C@H](COCC(=O)c2ccc(F)c(F)c2Cc2ccc(I)cc2F)O1.CCO.O=C(COC[C@H](O)CO)c1ccc(F)c(F)c1Cc1ccc(I)cc1F.O=C(COC[C@H](O)CO)c1ccc(F)c(F)c1Cc1ccc(I)cc1F. The van der Waals surface area contributed by atoms with Crippen molar-refractivity contribution in [2.75, 3.05) is 66.1 Å². The normalized spacial score (nSPS) is 13.9. The smallest absolute Gasteiger partial charge is 0.188 e. The van der Waals surface area contributed by atoms with Gasteiger partial charge in [-0.05, 0) is 178 Å². The van der Waals surface area contributed by atoms with Crippen LogP contribution in [0.25, 0.3) is 0 Å². The molecule has 25 heteroatoms. The van der Waals surface area contributed by atoms with Crippen molar-refractivity contribution in [3.63, 3.8) is 0 Å². The fraction of sp³-hybridized carbons (Fsp3) is 0.350. The van der Waals surface area contributed by atoms with E-state index in [-0.39, 0.29) is 116 Å². The molecule has 0 bridgehead atoms. The maximum atomic E-state index is 14.4. The Hall–Kier alpha value is -4.51. The summed E-state index contributed by atoms with van der Waals surface area (Å²) < 4.78 is 155. The highest BCUT2D eigenvalue weighted by atomic mass is 127. The second-order valence-corrected chi connectivity index (χ2v) is 22.4. The third kappa shape index (κ3) is 23.5. The molecule has 1 aliphatic heterocycles. The van der Waals surface area contributed by atoms with Gasteiger partial charge in [0, 0.05) is 70.0 Å². The van der Waals surface area contributed by atoms with E-state index in [9.17, 15) is 64.1 Å². The number of ketones is 3. The highest BCUT2D eigenvalue weighted by molar-refractivity contribution is 14.1. The highest BCUT2D eigenvalue weighted by Gasteiger charge is 2.33. The van der Waals surface area contributed by atoms with Gasteiger partial charge in [-0.1, -0.05) is 25.6 Å². The molecule has 0 unspecified atom stereocenters. The monoisotopic (exact) mass is 1540 g/mol. The minimum atomic E-state index is -1.22. The molecule has 1 aliphatic rings. The van der Waals surface area contributed by atoms with Crippen LogP contribution in [-0.4, -0.2) is 133 Å². The van der Waals surface area contributed by atoms with E-state index in [1.807, 2.05) is 67.8 Å². The summed E-state index contributed by atoms with van der Waals surface area (Å²) in [6.45, 7) is 2.98. The van der Waals surface area contributed by atoms with Crippen LogP contribution in [0.2, 0.25) is 0 Å². The zero-order valence-corrected chi connectivity index (χ0v) is 51.6. The number of hydrogen-bond donors (Lipinski definition) is 5. The van der Waals surface area contributed by atoms with E-state index < -0.39 is 114 Å². The van der Waals surface area contributed by atoms with Crippen molar-refractivity contribution in [1.82, 2.24) is 0 Å². The minimum absolute atomic E-state index is 0. The van der Waals surface area contributed by atoms with E-state index in [4.69, 9.17) is 39.0 Å². The first-order valence-electron chi connectivity index (χ1n) is 25.3. The molecule has 1 fully saturated rings. The van der Waals surface area contributed by atoms with Crippen molar-refractivity contribution in [2.45, 2.75) is 71.6 Å². The van der Waals surface area contributed by atoms with Gasteiger partial charge in [0.2, 0.25) is 0 Å². The quantitative estimate of drug-likeness (QED) is 0.0231. The molecule has 1 saturated heterocycles. The number of aliphatic hydroxyl groups excluding tert-OH is 5. The van der Waals surface area contributed by atoms with Gasteiger partial charge in [0.25, 0.3) is 0 Å². The Morgan fingerprint density at radius 3 is 1.11 bits per heavy atom. The Labute approximate surface area is 526 Å². The predicted molar refractivity (Wildman–Crippen MR) is 321 cm³/mol. The molecule has 3 atom stereocenters. The van der Waals surface area contributed by atoms with Gasteiger partial charge in [-0.3, -0.25) is 14.4 Å². The van der Waals surface area contributed by atoms with Crippen LogP contribution in [0.15, 0.2) is 91.0 Å². The first-order chi connectivity index (χ1) is 39.7. The van der Waals surface area contributed by atoms with Crippen LogP contribution >= 0.6 is 67.8 Å². The molecule has 0 aromatic heterocycles. The van der Waals surface area contributed by atoms with Gasteiger partial charge in [-0.2, -0.15) is 0 Å². The molecule has 464 valence electrons. The molecule has 0 aliphatic carbocycles. The average molecular weight is 1540 g/mol. The van der Waals surface area contributed by atoms with Crippen LogP contribution in [0.5, 0.6) is 0 Å². The van der Waals surface area contributed by atoms with Crippen LogP contribution < -0.4 is 0 Å². The third-order valence-corrected chi connectivity index (χ3v) is 13.8. The largest absolute Gasteiger partial charge is 0.397 e. The molecule has 5 N–H and O–H groups in total. The Balaban J connectivity index is 0.000000325. The van der Waals surface area contributed by atoms with E-state index in [0.717, 1.165) is 30.3 Å². The Kier molecular flexibility index (Phi) is 32.3. The van der Waals surface area contributed by atoms with Gasteiger partial charge in [0.15, 0.2) is 58.0 Å². The molecule has 85 heavy (non-hydrogen) atoms. The summed E-state index contributed by atoms with van der Waals surface area (Å²) in [5.41, 5.74) is -0.584. The number of benzene rings is 6. The van der Waals surface area contributed by atoms with Crippen molar-refractivity contribution in [3.8, 4) is 0 Å². The summed E-state index contributed by atoms with van der Waals surface area (Å²) in [7, 11) is 0. The summed E-state index contributed by atoms with van der Waals surface area (Å²) in [6.07, 6.45) is -3.45. The van der Waals surface area contributed by atoms with Crippen molar-refractivity contribution in [1.29, 1.82) is 0 Å². The lowest BCUT2D eigenvalue weighted by atomic mass is 9.96. The number of halogens is 12. The van der Waals surface area contributed by atoms with Crippen LogP contribution in [0.1, 0.15) is 92.7 Å². The van der Waals surface area contributed by atoms with Gasteiger partial charge in [-0.25, -0.2) is 39.5 Å². The van der Waals surface area contributed by atoms with Crippen molar-refractivity contribution in [3.05, 3.63) is 204 Å². The minimum Gasteiger partial charge on any atom is -0.397 e. The van der Waals surface area contributed by atoms with Gasteiger partial charge < -0.3 is 49.2 Å². The lowest BCUT2D eigenvalue weighted by molar-refractivity contribution is -0.144. The molecule has 7 rings (SSSR count). The highest BCUT2D eigenvalue weighted by Crippen LogP contribution is 2.28. The standard InChI is InChI=1S/C21H20F3IO4.2C18H16F3IO4.C2H6O.CH4/c1-21(2)28-10-14(29-21)9-27-11-19(26)15-5-6-17(22)20(24)16(15)7-12-3-4-13(25)8-18(12)23;2*19-15-4-3-13(17(25)9-26-8-12(24)7-23)14(18(15)21)5-10-1-2-11(22)6-16(10)20;1-2-3;/h3-6,8,14H,7,9-11H2,1-2H3;2*1-4,6,12,23-24H,5,7-9H2;3H,2H2,1H3;1H4/t14-;2*12-;;/m011../s1. The topological polar surface area (TPSA) is 199 Å². The van der Waals surface area contributed by atoms with Crippen LogP contribution in [0, 0.1) is 63.1 Å². The summed E-state index contributed by atoms with van der Waals surface area (Å²) in [4.78, 5) is 37.1. The van der Waals surface area contributed by atoms with Crippen molar-refractivity contribution >= 4 is 85.1 Å². The molecular weight excluding hydrogens is 1480 g/mol. The van der Waals surface area contributed by atoms with E-state index in [1.165, 1.54) is 42.5 Å². The van der Waals surface area contributed by atoms with E-state index in [1.54, 1.807) is 39.0 Å². The van der Waals surface area contributed by atoms with Gasteiger partial charge in [0.1, 0.15) is 55.6 Å². The summed E-state index contributed by atoms with van der Waals surface area (Å²) in [6, 6.07) is 19.1. The predicted octanol–water partition coefficient (Wildman–Crippen LogP) is 11.0. The number of Topliss-reactive ketones (excluding diaryl/α,β-unsaturated/α-hetero) is 3. The number of carbonyl (C=O) groups excluding carboxylic acids is 3. The van der Waals surface area contributed by atoms with Crippen molar-refractivity contribution in [2.24, 2.45) is 0 Å². The average Bonchev–Trinajstić information content (AvgIpc) is 3.99. The first-order valence-corrected chi connectivity index (χ1v) is 28.5. The summed E-state index contributed by atoms with van der Waals surface area (Å²) in [5, 5.41) is 43.3. The van der Waals surface area contributed by atoms with Crippen LogP contribution in [0.4, 0.5) is 39.5 Å². The van der Waals surface area contributed by atoms with Gasteiger partial charge >= 0.3 is 0 Å². The second-order valence-electron chi connectivity index (χ2n) is 18.7. The number of aliphatic hydroxyl groups is 5. The number of ether oxygens (including phenoxy) is 5. The molecule has 6 aromatic rings. The van der Waals surface area contributed by atoms with E-state index >= 15 is 0 Å². The summed E-state index contributed by atoms with van der Waals surface area (Å²) in [5.74, 6) is -11.2. The second kappa shape index (κ2) is 36.7. The Morgan fingerprint density at radius 1 is 0.529 bits per heavy atom. The maximum Gasteiger partial charge on any atom is 0.188 e. The van der Waals surface area contributed by atoms with Gasteiger partial charge in [-0.15, -0.1) is 0 Å². The molecule has 6 aromatic carbocycles. The van der Waals surface area contributed by atoms with Crippen molar-refractivity contribution < 1.29 is 103 Å². The van der Waals surface area contributed by atoms with Crippen LogP contribution in [-0.2, 0) is 42.9 Å². The molecule has 0 spiro atoms. The first kappa shape index (κ1) is 74.7. The molecule has 0 amide bonds. The Morgan fingerprint density at radius 2 is 0.835 bits per heavy atom. The van der Waals surface area contributed by atoms with E-state index in [2.05, 4.69) is 0 Å². The Bertz CT molecular complexity index is 3060. The molecule has 1 heterocycles. The zero-order chi connectivity index (χ0) is 62.4. The molecular formula is C60H62F9I3O13. The number of hydrogen-bond acceptors (Lipinski definition) is 13. The number of rotatable bonds is 23. The van der Waals surface area contributed by atoms with E-state index in [0.29, 0.717) is 17.3 Å². The zero-order valence-electron chi connectivity index (χ0n) is 45.1.